The van der Waals surface area contributed by atoms with Crippen molar-refractivity contribution in [1.82, 2.24) is 5.32 Å². The largest absolute Gasteiger partial charge is 0.460 e. The third-order valence-electron chi connectivity index (χ3n) is 3.78. The van der Waals surface area contributed by atoms with Crippen LogP contribution in [-0.2, 0) is 28.6 Å². The molecule has 3 N–H and O–H groups in total. The molecule has 0 bridgehead atoms. The number of carbonyl (C=O) groups excluding carboxylic acids is 4. The second kappa shape index (κ2) is 13.4. The summed E-state index contributed by atoms with van der Waals surface area (Å²) in [7, 11) is 0. The lowest BCUT2D eigenvalue weighted by Crippen LogP contribution is -2.44. The van der Waals surface area contributed by atoms with Gasteiger partial charge in [-0.2, -0.15) is 4.99 Å². The standard InChI is InChI=1S/C24H43N3O7/c1-22(2,3)32-18(28)14-13-17(20(30)34-24(7,8)9)27-21(31)26-16(12-10-11-15-25)19(29)33-23(4,5)6/h17H,10-15,25H2,1-9H3,(H,27,31)/b26-16+/t17-/m0/s1. The molecule has 0 rings (SSSR count). The fourth-order valence-corrected chi connectivity index (χ4v) is 2.56. The molecule has 0 saturated heterocycles. The summed E-state index contributed by atoms with van der Waals surface area (Å²) in [5.41, 5.74) is 3.18. The number of carbonyl (C=O) groups is 4. The summed E-state index contributed by atoms with van der Waals surface area (Å²) in [6, 6.07) is -2.07. The number of nitrogens with zero attached hydrogens (tertiary/aromatic N) is 1. The van der Waals surface area contributed by atoms with Crippen LogP contribution in [0.15, 0.2) is 4.99 Å². The number of hydrogen-bond acceptors (Lipinski definition) is 8. The van der Waals surface area contributed by atoms with Crippen molar-refractivity contribution < 1.29 is 33.4 Å². The maximum absolute atomic E-state index is 12.7. The van der Waals surface area contributed by atoms with E-state index in [1.54, 1.807) is 62.3 Å². The van der Waals surface area contributed by atoms with Crippen LogP contribution in [0.25, 0.3) is 0 Å². The van der Waals surface area contributed by atoms with Crippen molar-refractivity contribution in [3.8, 4) is 0 Å². The molecule has 0 unspecified atom stereocenters. The van der Waals surface area contributed by atoms with Gasteiger partial charge in [-0.05, 0) is 94.5 Å². The average Bonchev–Trinajstić information content (AvgIpc) is 2.60. The molecule has 1 atom stereocenters. The molecule has 0 aliphatic heterocycles. The van der Waals surface area contributed by atoms with E-state index in [9.17, 15) is 19.2 Å². The lowest BCUT2D eigenvalue weighted by molar-refractivity contribution is -0.158. The summed E-state index contributed by atoms with van der Waals surface area (Å²) in [4.78, 5) is 53.8. The minimum atomic E-state index is -1.16. The van der Waals surface area contributed by atoms with Crippen molar-refractivity contribution in [2.45, 2.75) is 117 Å². The fraction of sp³-hybridized carbons (Fsp3) is 0.792. The molecule has 0 heterocycles. The highest BCUT2D eigenvalue weighted by Gasteiger charge is 2.29. The van der Waals surface area contributed by atoms with Crippen LogP contribution in [0.1, 0.15) is 94.4 Å². The van der Waals surface area contributed by atoms with Gasteiger partial charge in [0.15, 0.2) is 0 Å². The van der Waals surface area contributed by atoms with E-state index in [0.717, 1.165) is 0 Å². The highest BCUT2D eigenvalue weighted by Crippen LogP contribution is 2.14. The Balaban J connectivity index is 5.59. The minimum Gasteiger partial charge on any atom is -0.460 e. The van der Waals surface area contributed by atoms with Crippen LogP contribution in [0.4, 0.5) is 4.79 Å². The second-order valence-corrected chi connectivity index (χ2v) is 11.0. The van der Waals surface area contributed by atoms with Gasteiger partial charge in [0.1, 0.15) is 28.6 Å². The molecule has 0 aromatic heterocycles. The average molecular weight is 486 g/mol. The van der Waals surface area contributed by atoms with Gasteiger partial charge in [-0.25, -0.2) is 14.4 Å². The minimum absolute atomic E-state index is 0.0555. The molecule has 196 valence electrons. The molecular formula is C24H43N3O7. The summed E-state index contributed by atoms with van der Waals surface area (Å²) in [6.45, 7) is 15.8. The zero-order valence-corrected chi connectivity index (χ0v) is 22.2. The van der Waals surface area contributed by atoms with Crippen LogP contribution in [0.5, 0.6) is 0 Å². The summed E-state index contributed by atoms with van der Waals surface area (Å²) in [5, 5.41) is 2.45. The highest BCUT2D eigenvalue weighted by atomic mass is 16.6. The Hall–Kier alpha value is -2.49. The number of aliphatic imine (C=N–C) groups is 1. The lowest BCUT2D eigenvalue weighted by Gasteiger charge is -2.25. The number of unbranched alkanes of at least 4 members (excludes halogenated alkanes) is 1. The smallest absolute Gasteiger partial charge is 0.353 e. The van der Waals surface area contributed by atoms with Crippen molar-refractivity contribution >= 4 is 29.7 Å². The molecular weight excluding hydrogens is 442 g/mol. The van der Waals surface area contributed by atoms with E-state index in [2.05, 4.69) is 10.3 Å². The summed E-state index contributed by atoms with van der Waals surface area (Å²) >= 11 is 0. The Labute approximate surface area is 203 Å². The number of hydrogen-bond donors (Lipinski definition) is 2. The number of ether oxygens (including phenoxy) is 3. The molecule has 10 heteroatoms. The Morgan fingerprint density at radius 3 is 1.79 bits per heavy atom. The number of esters is 3. The van der Waals surface area contributed by atoms with Crippen molar-refractivity contribution in [2.24, 2.45) is 10.7 Å². The molecule has 0 aliphatic carbocycles. The maximum atomic E-state index is 12.7. The van der Waals surface area contributed by atoms with E-state index >= 15 is 0 Å². The first-order chi connectivity index (χ1) is 15.3. The number of urea groups is 1. The van der Waals surface area contributed by atoms with Gasteiger partial charge < -0.3 is 25.3 Å². The van der Waals surface area contributed by atoms with Crippen molar-refractivity contribution in [3.05, 3.63) is 0 Å². The number of nitrogens with one attached hydrogen (secondary N) is 1. The van der Waals surface area contributed by atoms with Gasteiger partial charge in [0.2, 0.25) is 0 Å². The summed E-state index contributed by atoms with van der Waals surface area (Å²) < 4.78 is 16.0. The number of amides is 2. The molecule has 2 amide bonds. The van der Waals surface area contributed by atoms with E-state index in [1.165, 1.54) is 0 Å². The van der Waals surface area contributed by atoms with Crippen LogP contribution >= 0.6 is 0 Å². The van der Waals surface area contributed by atoms with E-state index in [0.29, 0.717) is 19.4 Å². The first-order valence-electron chi connectivity index (χ1n) is 11.6. The van der Waals surface area contributed by atoms with Gasteiger partial charge in [0.25, 0.3) is 0 Å². The Kier molecular flexibility index (Phi) is 12.4. The van der Waals surface area contributed by atoms with Crippen molar-refractivity contribution in [1.29, 1.82) is 0 Å². The van der Waals surface area contributed by atoms with Gasteiger partial charge in [-0.1, -0.05) is 0 Å². The topological polar surface area (TPSA) is 146 Å². The van der Waals surface area contributed by atoms with Gasteiger partial charge in [-0.3, -0.25) is 4.79 Å². The van der Waals surface area contributed by atoms with E-state index < -0.39 is 46.8 Å². The molecule has 0 radical (unpaired) electrons. The van der Waals surface area contributed by atoms with Crippen molar-refractivity contribution in [2.75, 3.05) is 6.54 Å². The molecule has 0 spiro atoms. The van der Waals surface area contributed by atoms with E-state index in [-0.39, 0.29) is 25.0 Å². The van der Waals surface area contributed by atoms with Crippen LogP contribution < -0.4 is 11.1 Å². The predicted molar refractivity (Wildman–Crippen MR) is 129 cm³/mol. The zero-order chi connectivity index (χ0) is 26.7. The zero-order valence-electron chi connectivity index (χ0n) is 22.2. The second-order valence-electron chi connectivity index (χ2n) is 11.0. The van der Waals surface area contributed by atoms with Gasteiger partial charge in [0.05, 0.1) is 0 Å². The molecule has 0 fully saturated rings. The Morgan fingerprint density at radius 1 is 0.794 bits per heavy atom. The van der Waals surface area contributed by atoms with E-state index in [1.807, 2.05) is 0 Å². The molecule has 10 nitrogen and oxygen atoms in total. The van der Waals surface area contributed by atoms with Crippen LogP contribution in [0, 0.1) is 0 Å². The van der Waals surface area contributed by atoms with Crippen molar-refractivity contribution in [3.63, 3.8) is 0 Å². The quantitative estimate of drug-likeness (QED) is 0.207. The summed E-state index contributed by atoms with van der Waals surface area (Å²) in [6.07, 6.45) is 1.19. The Morgan fingerprint density at radius 2 is 1.32 bits per heavy atom. The van der Waals surface area contributed by atoms with Gasteiger partial charge >= 0.3 is 23.9 Å². The maximum Gasteiger partial charge on any atom is 0.353 e. The third kappa shape index (κ3) is 16.2. The van der Waals surface area contributed by atoms with Crippen LogP contribution in [0.3, 0.4) is 0 Å². The molecule has 34 heavy (non-hydrogen) atoms. The normalized spacial score (nSPS) is 13.6. The van der Waals surface area contributed by atoms with Crippen LogP contribution in [0.2, 0.25) is 0 Å². The molecule has 0 aliphatic rings. The molecule has 0 saturated carbocycles. The summed E-state index contributed by atoms with van der Waals surface area (Å²) in [5.74, 6) is -1.96. The highest BCUT2D eigenvalue weighted by molar-refractivity contribution is 6.38. The lowest BCUT2D eigenvalue weighted by atomic mass is 10.1. The first kappa shape index (κ1) is 31.5. The number of rotatable bonds is 10. The van der Waals surface area contributed by atoms with E-state index in [4.69, 9.17) is 19.9 Å². The van der Waals surface area contributed by atoms with Crippen LogP contribution in [-0.4, -0.2) is 59.0 Å². The Bertz CT molecular complexity index is 741. The fourth-order valence-electron chi connectivity index (χ4n) is 2.56. The monoisotopic (exact) mass is 485 g/mol. The SMILES string of the molecule is CC(C)(C)OC(=O)CC[C@H](NC(=O)/N=C(\CCCCN)C(=O)OC(C)(C)C)C(=O)OC(C)(C)C. The predicted octanol–water partition coefficient (Wildman–Crippen LogP) is 3.44. The van der Waals surface area contributed by atoms with Gasteiger partial charge in [-0.15, -0.1) is 0 Å². The van der Waals surface area contributed by atoms with Gasteiger partial charge in [0, 0.05) is 6.42 Å². The molecule has 0 aromatic rings. The molecule has 0 aromatic carbocycles. The number of nitrogens with two attached hydrogens (primary N) is 1. The first-order valence-corrected chi connectivity index (χ1v) is 11.6. The third-order valence-corrected chi connectivity index (χ3v) is 3.78.